The highest BCUT2D eigenvalue weighted by Crippen LogP contribution is 2.74. The zero-order valence-corrected chi connectivity index (χ0v) is 55.7. The van der Waals surface area contributed by atoms with E-state index in [1.54, 1.807) is 0 Å². The number of carbonyl (C=O) groups excluding carboxylic acids is 1. The predicted molar refractivity (Wildman–Crippen MR) is 323 cm³/mol. The number of Topliss-reactive ketones (excluding diaryl/α,β-unsaturated/α-hetero) is 1. The van der Waals surface area contributed by atoms with Crippen LogP contribution in [0.2, 0.25) is 0 Å². The van der Waals surface area contributed by atoms with Gasteiger partial charge in [-0.25, -0.2) is 0 Å². The number of aliphatic hydroxyl groups is 19. The number of aliphatic hydroxyl groups excluding tert-OH is 18. The fraction of sp³-hybridized carbons (Fsp3) is 0.954. The summed E-state index contributed by atoms with van der Waals surface area (Å²) in [4.78, 5) is 15.6. The third-order valence-corrected chi connectivity index (χ3v) is 24.4. The highest BCUT2D eigenvalue weighted by atomic mass is 16.8. The molecule has 4 unspecified atom stereocenters. The molecule has 6 saturated heterocycles. The lowest BCUT2D eigenvalue weighted by Crippen LogP contribution is -2.68. The van der Waals surface area contributed by atoms with Crippen molar-refractivity contribution in [2.24, 2.45) is 51.2 Å². The summed E-state index contributed by atoms with van der Waals surface area (Å²) in [6, 6.07) is 0. The Kier molecular flexibility index (Phi) is 23.8. The minimum atomic E-state index is -1.93. The quantitative estimate of drug-likeness (QED) is 0.0477. The monoisotopic (exact) mass is 1380 g/mol. The Morgan fingerprint density at radius 2 is 1.10 bits per heavy atom. The SMILES string of the molecule is C[C@H](CC[C@@H](O[C@@H]1O[C@H](CO[C@@H]2OC[C@@H](O)C[C@H]2O)[C@@H](O)[C@H](O)[C@H]1O[C@H]1O[C@@H](CO)[C@H](O)[C@@H](O)[C@@H]1O)C(C)(C)O)C1CC[C@@]2(C)C3CC=C4C(CC[C@H](O[C@@H]5O[C@H](CO[C@@H]6O[C@H](CO)[C@@H](O)[C@H](O)[C@H]6O)[C@@H](O)[C@H](O)[C@H]5C5O[C@@H](CO)[C@H](O)[C@@H](O)[C@@H]5O)C4(C)C)[C@]3(C)C(=O)C[C@]12C. The van der Waals surface area contributed by atoms with Crippen LogP contribution in [0.25, 0.3) is 0 Å². The first-order chi connectivity index (χ1) is 45.0. The maximum Gasteiger partial charge on any atom is 0.187 e. The van der Waals surface area contributed by atoms with E-state index in [9.17, 15) is 97.0 Å². The molecule has 0 radical (unpaired) electrons. The van der Waals surface area contributed by atoms with E-state index in [0.29, 0.717) is 25.7 Å². The van der Waals surface area contributed by atoms with Gasteiger partial charge in [0.05, 0.1) is 81.7 Å². The Bertz CT molecular complexity index is 2610. The molecule has 0 aromatic heterocycles. The Labute approximate surface area is 557 Å². The van der Waals surface area contributed by atoms with Gasteiger partial charge < -0.3 is 149 Å². The maximum atomic E-state index is 15.6. The second kappa shape index (κ2) is 29.8. The first-order valence-electron chi connectivity index (χ1n) is 34.1. The highest BCUT2D eigenvalue weighted by Gasteiger charge is 2.71. The molecule has 10 rings (SSSR count). The maximum absolute atomic E-state index is 15.6. The number of ether oxygens (including phenoxy) is 11. The number of fused-ring (bicyclic) bond motifs is 5. The minimum Gasteiger partial charge on any atom is -0.394 e. The topological polar surface area (TPSA) is 503 Å². The van der Waals surface area contributed by atoms with Crippen LogP contribution in [0.1, 0.15) is 113 Å². The number of carbonyl (C=O) groups is 1. The predicted octanol–water partition coefficient (Wildman–Crippen LogP) is -5.43. The van der Waals surface area contributed by atoms with Crippen molar-refractivity contribution in [2.75, 3.05) is 39.6 Å². The summed E-state index contributed by atoms with van der Waals surface area (Å²) in [6.45, 7) is 12.1. The zero-order chi connectivity index (χ0) is 70.4. The van der Waals surface area contributed by atoms with Crippen molar-refractivity contribution in [2.45, 2.75) is 297 Å². The lowest BCUT2D eigenvalue weighted by Gasteiger charge is -2.65. The van der Waals surface area contributed by atoms with E-state index < -0.39 is 239 Å². The molecule has 10 aliphatic rings. The van der Waals surface area contributed by atoms with Gasteiger partial charge in [0.2, 0.25) is 0 Å². The fourth-order valence-corrected chi connectivity index (χ4v) is 18.3. The van der Waals surface area contributed by atoms with Gasteiger partial charge in [0.15, 0.2) is 31.5 Å². The second-order valence-corrected chi connectivity index (χ2v) is 30.9. The lowest BCUT2D eigenvalue weighted by atomic mass is 9.38. The molecular weight excluding hydrogens is 1280 g/mol. The van der Waals surface area contributed by atoms with E-state index in [2.05, 4.69) is 33.8 Å². The summed E-state index contributed by atoms with van der Waals surface area (Å²) < 4.78 is 66.4. The molecule has 19 N–H and O–H groups in total. The summed E-state index contributed by atoms with van der Waals surface area (Å²) in [6.07, 6.45) is -40.2. The normalized spacial score (nSPS) is 51.4. The van der Waals surface area contributed by atoms with Crippen molar-refractivity contribution in [1.29, 1.82) is 0 Å². The molecule has 31 heteroatoms. The van der Waals surface area contributed by atoms with Crippen LogP contribution < -0.4 is 0 Å². The molecule has 9 fully saturated rings. The summed E-state index contributed by atoms with van der Waals surface area (Å²) in [5.74, 6) is -1.87. The molecule has 6 aliphatic heterocycles. The standard InChI is InChI=1S/C65H108O31/c1-25(9-13-39(62(4,5)85)95-60-55(96-59-53(84)49(80)43(74)33(21-68)91-59)50(81)45(76)35(93-60)23-87-56-30(70)17-26(69)22-86-56)27-15-16-63(6)36-12-10-28-29(65(36,8)37(71)18-64(27,63)7)11-14-38(61(28,2)3)94-57-40(54-51(82)47(78)41(72)31(19-66)89-54)46(77)44(75)34(92-57)24-88-58-52(83)48(79)42(73)32(20-67)90-58/h10,25-27,29-36,38-60,66-70,72-85H,9,11-24H2,1-8H3/t25-,26+,27?,29?,30-,31+,32-,33+,34-,35-,36?,38+,39-,40+,41+,42-,43+,44-,45-,46-,47-,48+,49-,50+,51+,52-,53+,54?,55-,56+,57+,58-,59-,60+,63+,64-,65+/m1/s1. The second-order valence-electron chi connectivity index (χ2n) is 30.9. The Balaban J connectivity index is 0.855. The number of ketones is 1. The highest BCUT2D eigenvalue weighted by molar-refractivity contribution is 5.88. The summed E-state index contributed by atoms with van der Waals surface area (Å²) >= 11 is 0. The summed E-state index contributed by atoms with van der Waals surface area (Å²) in [5, 5.41) is 206. The largest absolute Gasteiger partial charge is 0.394 e. The first-order valence-corrected chi connectivity index (χ1v) is 34.1. The molecule has 0 amide bonds. The molecule has 0 bridgehead atoms. The molecular formula is C65H108O31. The Morgan fingerprint density at radius 1 is 0.573 bits per heavy atom. The van der Waals surface area contributed by atoms with E-state index in [-0.39, 0.29) is 60.7 Å². The van der Waals surface area contributed by atoms with Gasteiger partial charge >= 0.3 is 0 Å². The van der Waals surface area contributed by atoms with Crippen LogP contribution in [0.3, 0.4) is 0 Å². The van der Waals surface area contributed by atoms with Crippen molar-refractivity contribution in [1.82, 2.24) is 0 Å². The van der Waals surface area contributed by atoms with Crippen LogP contribution in [0.5, 0.6) is 0 Å². The molecule has 4 aliphatic carbocycles. The van der Waals surface area contributed by atoms with Crippen LogP contribution in [-0.2, 0) is 56.9 Å². The number of hydrogen-bond donors (Lipinski definition) is 19. The first kappa shape index (κ1) is 76.8. The van der Waals surface area contributed by atoms with Crippen molar-refractivity contribution in [3.8, 4) is 0 Å². The van der Waals surface area contributed by atoms with Crippen molar-refractivity contribution in [3.63, 3.8) is 0 Å². The average Bonchev–Trinajstić information content (AvgIpc) is 1.26. The van der Waals surface area contributed by atoms with Crippen LogP contribution in [0, 0.1) is 51.2 Å². The van der Waals surface area contributed by atoms with Crippen LogP contribution in [0.4, 0.5) is 0 Å². The summed E-state index contributed by atoms with van der Waals surface area (Å²) in [7, 11) is 0. The third kappa shape index (κ3) is 14.0. The van der Waals surface area contributed by atoms with Gasteiger partial charge in [-0.15, -0.1) is 0 Å². The van der Waals surface area contributed by atoms with E-state index in [4.69, 9.17) is 52.1 Å². The molecule has 96 heavy (non-hydrogen) atoms. The van der Waals surface area contributed by atoms with Gasteiger partial charge in [0, 0.05) is 23.7 Å². The van der Waals surface area contributed by atoms with Crippen LogP contribution in [-0.4, -0.2) is 326 Å². The number of hydrogen-bond acceptors (Lipinski definition) is 31. The van der Waals surface area contributed by atoms with Crippen molar-refractivity contribution < 1.29 is 154 Å². The molecule has 0 aromatic carbocycles. The molecule has 37 atom stereocenters. The van der Waals surface area contributed by atoms with Gasteiger partial charge in [-0.1, -0.05) is 53.2 Å². The molecule has 0 aromatic rings. The van der Waals surface area contributed by atoms with Gasteiger partial charge in [0.1, 0.15) is 122 Å². The van der Waals surface area contributed by atoms with Crippen molar-refractivity contribution >= 4 is 5.78 Å². The van der Waals surface area contributed by atoms with Gasteiger partial charge in [-0.05, 0) is 93.3 Å². The fourth-order valence-electron chi connectivity index (χ4n) is 18.3. The average molecular weight is 1390 g/mol. The molecule has 0 spiro atoms. The smallest absolute Gasteiger partial charge is 0.187 e. The van der Waals surface area contributed by atoms with Gasteiger partial charge in [-0.3, -0.25) is 4.79 Å². The van der Waals surface area contributed by atoms with E-state index in [1.165, 1.54) is 13.8 Å². The van der Waals surface area contributed by atoms with Gasteiger partial charge in [0.25, 0.3) is 0 Å². The molecule has 3 saturated carbocycles. The van der Waals surface area contributed by atoms with Crippen LogP contribution in [0.15, 0.2) is 11.6 Å². The minimum absolute atomic E-state index is 0.0120. The van der Waals surface area contributed by atoms with E-state index in [1.807, 2.05) is 13.8 Å². The number of rotatable bonds is 21. The Morgan fingerprint density at radius 3 is 1.70 bits per heavy atom. The molecule has 554 valence electrons. The zero-order valence-electron chi connectivity index (χ0n) is 55.7. The van der Waals surface area contributed by atoms with Gasteiger partial charge in [-0.2, -0.15) is 0 Å². The molecule has 6 heterocycles. The van der Waals surface area contributed by atoms with Crippen LogP contribution >= 0.6 is 0 Å². The van der Waals surface area contributed by atoms with Crippen molar-refractivity contribution in [3.05, 3.63) is 11.6 Å². The number of allylic oxidation sites excluding steroid dienone is 1. The van der Waals surface area contributed by atoms with E-state index in [0.717, 1.165) is 18.4 Å². The summed E-state index contributed by atoms with van der Waals surface area (Å²) in [5.41, 5.74) is -3.28. The molecule has 31 nitrogen and oxygen atoms in total. The lowest BCUT2D eigenvalue weighted by molar-refractivity contribution is -0.378. The third-order valence-electron chi connectivity index (χ3n) is 24.4. The van der Waals surface area contributed by atoms with E-state index >= 15 is 4.79 Å². The Hall–Kier alpha value is -1.79.